The van der Waals surface area contributed by atoms with Gasteiger partial charge in [-0.25, -0.2) is 0 Å². The van der Waals surface area contributed by atoms with E-state index in [-0.39, 0.29) is 24.0 Å². The normalized spacial score (nSPS) is 41.5. The van der Waals surface area contributed by atoms with E-state index in [9.17, 15) is 9.90 Å². The summed E-state index contributed by atoms with van der Waals surface area (Å²) >= 11 is 0. The number of carbonyl (C=O) groups excluding carboxylic acids is 1. The molecule has 5 atom stereocenters. The van der Waals surface area contributed by atoms with Crippen molar-refractivity contribution in [1.82, 2.24) is 15.1 Å². The number of likely N-dealkylation sites (tertiary alicyclic amines) is 1. The molecule has 3 heterocycles. The zero-order chi connectivity index (χ0) is 13.6. The highest BCUT2D eigenvalue weighted by Crippen LogP contribution is 2.35. The molecule has 3 aliphatic rings. The second kappa shape index (κ2) is 5.04. The highest BCUT2D eigenvalue weighted by molar-refractivity contribution is 5.81. The fourth-order valence-corrected chi connectivity index (χ4v) is 4.07. The lowest BCUT2D eigenvalue weighted by Crippen LogP contribution is -2.46. The molecule has 0 aromatic heterocycles. The molecule has 0 aromatic rings. The molecule has 1 amide bonds. The molecule has 19 heavy (non-hydrogen) atoms. The van der Waals surface area contributed by atoms with Crippen LogP contribution in [0.5, 0.6) is 0 Å². The number of nitrogens with zero attached hydrogens (tertiary/aromatic N) is 2. The quantitative estimate of drug-likeness (QED) is 0.734. The van der Waals surface area contributed by atoms with Crippen molar-refractivity contribution >= 4 is 5.91 Å². The Hall–Kier alpha value is -0.650. The van der Waals surface area contributed by atoms with Gasteiger partial charge in [-0.1, -0.05) is 0 Å². The maximum absolute atomic E-state index is 12.7. The summed E-state index contributed by atoms with van der Waals surface area (Å²) in [7, 11) is 4.04. The molecular weight excluding hydrogens is 242 g/mol. The second-order valence-corrected chi connectivity index (χ2v) is 6.69. The summed E-state index contributed by atoms with van der Waals surface area (Å²) in [6, 6.07) is 1.12. The van der Waals surface area contributed by atoms with Crippen LogP contribution in [0.15, 0.2) is 0 Å². The number of aliphatic hydroxyl groups is 1. The molecule has 108 valence electrons. The number of hydrogen-bond donors (Lipinski definition) is 2. The van der Waals surface area contributed by atoms with Gasteiger partial charge in [0.25, 0.3) is 0 Å². The molecule has 5 nitrogen and oxygen atoms in total. The molecule has 0 radical (unpaired) electrons. The van der Waals surface area contributed by atoms with Crippen molar-refractivity contribution in [3.63, 3.8) is 0 Å². The molecule has 3 rings (SSSR count). The van der Waals surface area contributed by atoms with E-state index in [1.807, 2.05) is 19.0 Å². The van der Waals surface area contributed by atoms with Crippen molar-refractivity contribution in [2.45, 2.75) is 49.9 Å². The average Bonchev–Trinajstić information content (AvgIpc) is 3.02. The number of fused-ring (bicyclic) bond motifs is 2. The zero-order valence-electron chi connectivity index (χ0n) is 11.9. The number of carbonyl (C=O) groups is 1. The summed E-state index contributed by atoms with van der Waals surface area (Å²) in [5.41, 5.74) is 0. The van der Waals surface area contributed by atoms with Crippen LogP contribution in [0, 0.1) is 5.92 Å². The monoisotopic (exact) mass is 267 g/mol. The first kappa shape index (κ1) is 13.3. The van der Waals surface area contributed by atoms with E-state index in [4.69, 9.17) is 0 Å². The van der Waals surface area contributed by atoms with Crippen LogP contribution in [-0.4, -0.2) is 72.2 Å². The average molecular weight is 267 g/mol. The van der Waals surface area contributed by atoms with Crippen LogP contribution in [0.25, 0.3) is 0 Å². The van der Waals surface area contributed by atoms with Crippen molar-refractivity contribution < 1.29 is 9.90 Å². The van der Waals surface area contributed by atoms with E-state index in [1.165, 1.54) is 6.42 Å². The number of β-amino-alcohol motifs (C(OH)–C–C–N with tert-alkyl or cyclic N) is 1. The summed E-state index contributed by atoms with van der Waals surface area (Å²) in [4.78, 5) is 16.8. The van der Waals surface area contributed by atoms with Gasteiger partial charge in [0.1, 0.15) is 0 Å². The summed E-state index contributed by atoms with van der Waals surface area (Å²) in [6.07, 6.45) is 3.72. The van der Waals surface area contributed by atoms with Crippen molar-refractivity contribution in [2.24, 2.45) is 5.92 Å². The predicted molar refractivity (Wildman–Crippen MR) is 72.7 cm³/mol. The number of amides is 1. The molecule has 0 aliphatic carbocycles. The number of rotatable bonds is 3. The minimum Gasteiger partial charge on any atom is -0.391 e. The Labute approximate surface area is 114 Å². The molecule has 3 aliphatic heterocycles. The molecule has 3 saturated heterocycles. The Morgan fingerprint density at radius 1 is 1.37 bits per heavy atom. The maximum Gasteiger partial charge on any atom is 0.227 e. The van der Waals surface area contributed by atoms with Crippen LogP contribution in [0.2, 0.25) is 0 Å². The third-order valence-electron chi connectivity index (χ3n) is 4.87. The van der Waals surface area contributed by atoms with Gasteiger partial charge in [-0.15, -0.1) is 0 Å². The first-order valence-corrected chi connectivity index (χ1v) is 7.44. The largest absolute Gasteiger partial charge is 0.391 e. The molecule has 0 spiro atoms. The fourth-order valence-electron chi connectivity index (χ4n) is 4.07. The van der Waals surface area contributed by atoms with E-state index >= 15 is 0 Å². The third kappa shape index (κ3) is 2.51. The molecule has 5 unspecified atom stereocenters. The number of hydrogen-bond acceptors (Lipinski definition) is 4. The van der Waals surface area contributed by atoms with Gasteiger partial charge >= 0.3 is 0 Å². The Morgan fingerprint density at radius 2 is 2.16 bits per heavy atom. The predicted octanol–water partition coefficient (Wildman–Crippen LogP) is -0.350. The molecule has 0 saturated carbocycles. The van der Waals surface area contributed by atoms with Gasteiger partial charge in [-0.2, -0.15) is 0 Å². The molecular formula is C14H25N3O2. The first-order chi connectivity index (χ1) is 9.04. The standard InChI is InChI=1S/C14H25N3O2/c1-16(2)7-10-6-11(18)8-17(10)14(19)12-5-9-3-4-13(12)15-9/h9-13,15,18H,3-8H2,1-2H3. The number of nitrogens with one attached hydrogen (secondary N) is 1. The van der Waals surface area contributed by atoms with Crippen LogP contribution >= 0.6 is 0 Å². The van der Waals surface area contributed by atoms with Gasteiger partial charge in [-0.05, 0) is 39.8 Å². The van der Waals surface area contributed by atoms with Crippen molar-refractivity contribution in [3.8, 4) is 0 Å². The minimum absolute atomic E-state index is 0.147. The third-order valence-corrected chi connectivity index (χ3v) is 4.87. The Bertz CT molecular complexity index is 361. The zero-order valence-corrected chi connectivity index (χ0v) is 11.9. The van der Waals surface area contributed by atoms with Gasteiger partial charge in [-0.3, -0.25) is 4.79 Å². The van der Waals surface area contributed by atoms with Crippen LogP contribution < -0.4 is 5.32 Å². The highest BCUT2D eigenvalue weighted by atomic mass is 16.3. The van der Waals surface area contributed by atoms with Crippen LogP contribution in [0.1, 0.15) is 25.7 Å². The Kier molecular flexibility index (Phi) is 3.53. The van der Waals surface area contributed by atoms with Crippen LogP contribution in [-0.2, 0) is 4.79 Å². The van der Waals surface area contributed by atoms with E-state index in [0.717, 1.165) is 25.8 Å². The van der Waals surface area contributed by atoms with Gasteiger partial charge in [0.05, 0.1) is 12.0 Å². The molecule has 2 N–H and O–H groups in total. The van der Waals surface area contributed by atoms with E-state index < -0.39 is 0 Å². The van der Waals surface area contributed by atoms with Crippen molar-refractivity contribution in [2.75, 3.05) is 27.2 Å². The molecule has 3 fully saturated rings. The summed E-state index contributed by atoms with van der Waals surface area (Å²) < 4.78 is 0. The van der Waals surface area contributed by atoms with Crippen molar-refractivity contribution in [1.29, 1.82) is 0 Å². The summed E-state index contributed by atoms with van der Waals surface area (Å²) in [6.45, 7) is 1.36. The maximum atomic E-state index is 12.7. The fraction of sp³-hybridized carbons (Fsp3) is 0.929. The van der Waals surface area contributed by atoms with Crippen LogP contribution in [0.3, 0.4) is 0 Å². The second-order valence-electron chi connectivity index (χ2n) is 6.69. The molecule has 5 heteroatoms. The number of likely N-dealkylation sites (N-methyl/N-ethyl adjacent to an activating group) is 1. The molecule has 0 aromatic carbocycles. The van der Waals surface area contributed by atoms with Gasteiger partial charge in [0, 0.05) is 31.2 Å². The van der Waals surface area contributed by atoms with Gasteiger partial charge in [0.15, 0.2) is 0 Å². The smallest absolute Gasteiger partial charge is 0.227 e. The van der Waals surface area contributed by atoms with Crippen molar-refractivity contribution in [3.05, 3.63) is 0 Å². The molecule has 2 bridgehead atoms. The lowest BCUT2D eigenvalue weighted by Gasteiger charge is -2.31. The van der Waals surface area contributed by atoms with E-state index in [2.05, 4.69) is 10.2 Å². The topological polar surface area (TPSA) is 55.8 Å². The minimum atomic E-state index is -0.347. The summed E-state index contributed by atoms with van der Waals surface area (Å²) in [5, 5.41) is 13.4. The van der Waals surface area contributed by atoms with E-state index in [1.54, 1.807) is 0 Å². The lowest BCUT2D eigenvalue weighted by molar-refractivity contribution is -0.137. The Balaban J connectivity index is 1.67. The van der Waals surface area contributed by atoms with Gasteiger partial charge < -0.3 is 20.2 Å². The van der Waals surface area contributed by atoms with Gasteiger partial charge in [0.2, 0.25) is 5.91 Å². The van der Waals surface area contributed by atoms with E-state index in [0.29, 0.717) is 18.6 Å². The summed E-state index contributed by atoms with van der Waals surface area (Å²) in [5.74, 6) is 0.414. The lowest BCUT2D eigenvalue weighted by atomic mass is 9.88. The number of aliphatic hydroxyl groups excluding tert-OH is 1. The van der Waals surface area contributed by atoms with Crippen LogP contribution in [0.4, 0.5) is 0 Å². The SMILES string of the molecule is CN(C)CC1CC(O)CN1C(=O)C1CC2CCC1N2. The highest BCUT2D eigenvalue weighted by Gasteiger charge is 2.46. The Morgan fingerprint density at radius 3 is 2.74 bits per heavy atom. The first-order valence-electron chi connectivity index (χ1n) is 7.44.